The van der Waals surface area contributed by atoms with Gasteiger partial charge in [0.2, 0.25) is 0 Å². The van der Waals surface area contributed by atoms with Gasteiger partial charge >= 0.3 is 0 Å². The summed E-state index contributed by atoms with van der Waals surface area (Å²) in [6.07, 6.45) is 0. The molecule has 0 radical (unpaired) electrons. The molecule has 11 aromatic rings. The molecular formula is C64H45NO. The first-order valence-corrected chi connectivity index (χ1v) is 23.2. The minimum atomic E-state index is -0.240. The lowest BCUT2D eigenvalue weighted by atomic mass is 9.81. The van der Waals surface area contributed by atoms with E-state index in [0.29, 0.717) is 0 Å². The molecule has 10 aromatic carbocycles. The fourth-order valence-corrected chi connectivity index (χ4v) is 12.0. The smallest absolute Gasteiger partial charge is 0.135 e. The maximum atomic E-state index is 6.20. The Kier molecular flexibility index (Phi) is 7.55. The van der Waals surface area contributed by atoms with Gasteiger partial charge in [-0.15, -0.1) is 0 Å². The third-order valence-electron chi connectivity index (χ3n) is 15.4. The summed E-state index contributed by atoms with van der Waals surface area (Å²) in [6, 6.07) is 74.7. The topological polar surface area (TPSA) is 16.4 Å². The molecule has 2 nitrogen and oxygen atoms in total. The predicted octanol–water partition coefficient (Wildman–Crippen LogP) is 17.8. The Hall–Kier alpha value is -7.94. The fourth-order valence-electron chi connectivity index (χ4n) is 12.0. The highest BCUT2D eigenvalue weighted by molar-refractivity contribution is 6.19. The van der Waals surface area contributed by atoms with Crippen LogP contribution in [-0.4, -0.2) is 0 Å². The summed E-state index contributed by atoms with van der Waals surface area (Å²) in [6.45, 7) is 9.60. The predicted molar refractivity (Wildman–Crippen MR) is 276 cm³/mol. The fraction of sp³-hybridized carbons (Fsp3) is 0.0938. The number of furan rings is 1. The molecule has 66 heavy (non-hydrogen) atoms. The van der Waals surface area contributed by atoms with E-state index in [0.717, 1.165) is 33.3 Å². The summed E-state index contributed by atoms with van der Waals surface area (Å²) >= 11 is 0. The lowest BCUT2D eigenvalue weighted by Crippen LogP contribution is -2.18. The van der Waals surface area contributed by atoms with Gasteiger partial charge in [-0.25, -0.2) is 0 Å². The molecule has 1 aromatic heterocycles. The third-order valence-corrected chi connectivity index (χ3v) is 15.4. The average Bonchev–Trinajstić information content (AvgIpc) is 4.03. The van der Waals surface area contributed by atoms with Crippen molar-refractivity contribution < 1.29 is 4.42 Å². The van der Waals surface area contributed by atoms with Gasteiger partial charge < -0.3 is 9.32 Å². The molecule has 14 rings (SSSR count). The average molecular weight is 844 g/mol. The molecule has 3 aliphatic carbocycles. The van der Waals surface area contributed by atoms with Crippen LogP contribution in [0.2, 0.25) is 0 Å². The molecule has 0 unspecified atom stereocenters. The number of hydrogen-bond acceptors (Lipinski definition) is 2. The van der Waals surface area contributed by atoms with Crippen LogP contribution in [0, 0.1) is 0 Å². The second-order valence-corrected chi connectivity index (χ2v) is 19.6. The zero-order valence-corrected chi connectivity index (χ0v) is 37.4. The van der Waals surface area contributed by atoms with Gasteiger partial charge in [-0.05, 0) is 155 Å². The second kappa shape index (κ2) is 13.3. The van der Waals surface area contributed by atoms with Crippen molar-refractivity contribution in [3.63, 3.8) is 0 Å². The zero-order chi connectivity index (χ0) is 44.1. The SMILES string of the molecule is CC1(C)c2cc(-c3ccccc3)ccc2-c2ccc(N(c3ccc4c(c3)C(C)(C)c3cc(-c5ccc6oc7ccccc7c6c5)ccc3-4)c3ccc4c5c(cccc35)-c3ccccc3-4)cc21. The van der Waals surface area contributed by atoms with Gasteiger partial charge in [0.15, 0.2) is 0 Å². The van der Waals surface area contributed by atoms with Gasteiger partial charge in [0.05, 0.1) is 5.69 Å². The summed E-state index contributed by atoms with van der Waals surface area (Å²) in [5, 5.41) is 4.88. The first-order chi connectivity index (χ1) is 32.2. The third kappa shape index (κ3) is 5.13. The molecule has 0 bridgehead atoms. The standard InChI is InChI=1S/C64H45NO/c1-63(2)55-34-40(38-13-6-5-7-14-38)21-26-46(55)48-28-24-42(36-57(48)63)65(59-31-30-52-45-16-9-8-15-44(45)51-18-12-19-53(59)62(51)52)43-25-29-49-47-27-22-41(35-56(47)64(3,4)58(49)37-43)39-23-32-61-54(33-39)50-17-10-11-20-60(50)66-61/h5-37H,1-4H3. The van der Waals surface area contributed by atoms with Crippen LogP contribution in [0.15, 0.2) is 205 Å². The van der Waals surface area contributed by atoms with Crippen molar-refractivity contribution in [2.75, 3.05) is 4.90 Å². The summed E-state index contributed by atoms with van der Waals surface area (Å²) in [5.74, 6) is 0. The van der Waals surface area contributed by atoms with E-state index in [-0.39, 0.29) is 10.8 Å². The van der Waals surface area contributed by atoms with Crippen molar-refractivity contribution >= 4 is 49.8 Å². The Balaban J connectivity index is 0.922. The molecule has 0 fully saturated rings. The lowest BCUT2D eigenvalue weighted by Gasteiger charge is -2.30. The number of hydrogen-bond donors (Lipinski definition) is 0. The molecule has 3 aliphatic rings. The molecule has 0 aliphatic heterocycles. The van der Waals surface area contributed by atoms with Gasteiger partial charge in [0.25, 0.3) is 0 Å². The van der Waals surface area contributed by atoms with E-state index in [1.54, 1.807) is 0 Å². The first-order valence-electron chi connectivity index (χ1n) is 23.2. The molecule has 0 saturated carbocycles. The number of para-hydroxylation sites is 1. The first kappa shape index (κ1) is 37.4. The van der Waals surface area contributed by atoms with Crippen molar-refractivity contribution in [1.29, 1.82) is 0 Å². The summed E-state index contributed by atoms with van der Waals surface area (Å²) in [5.41, 5.74) is 25.7. The van der Waals surface area contributed by atoms with E-state index >= 15 is 0 Å². The number of benzene rings is 10. The van der Waals surface area contributed by atoms with Gasteiger partial charge in [0, 0.05) is 38.4 Å². The van der Waals surface area contributed by atoms with Crippen LogP contribution < -0.4 is 4.90 Å². The van der Waals surface area contributed by atoms with E-state index in [4.69, 9.17) is 4.42 Å². The Morgan fingerprint density at radius 3 is 1.45 bits per heavy atom. The number of nitrogens with zero attached hydrogens (tertiary/aromatic N) is 1. The van der Waals surface area contributed by atoms with E-state index < -0.39 is 0 Å². The number of rotatable bonds is 5. The molecular weight excluding hydrogens is 799 g/mol. The molecule has 0 N–H and O–H groups in total. The van der Waals surface area contributed by atoms with Crippen LogP contribution >= 0.6 is 0 Å². The quantitative estimate of drug-likeness (QED) is 0.172. The van der Waals surface area contributed by atoms with Crippen molar-refractivity contribution in [3.8, 4) is 66.8 Å². The minimum absolute atomic E-state index is 0.199. The van der Waals surface area contributed by atoms with Crippen LogP contribution in [0.4, 0.5) is 17.1 Å². The highest BCUT2D eigenvalue weighted by Crippen LogP contribution is 2.56. The zero-order valence-electron chi connectivity index (χ0n) is 37.4. The Bertz CT molecular complexity index is 3850. The number of anilines is 3. The molecule has 1 heterocycles. The van der Waals surface area contributed by atoms with Gasteiger partial charge in [-0.1, -0.05) is 167 Å². The summed E-state index contributed by atoms with van der Waals surface area (Å²) in [7, 11) is 0. The van der Waals surface area contributed by atoms with E-state index in [2.05, 4.69) is 227 Å². The second-order valence-electron chi connectivity index (χ2n) is 19.6. The largest absolute Gasteiger partial charge is 0.456 e. The van der Waals surface area contributed by atoms with Crippen molar-refractivity contribution in [3.05, 3.63) is 222 Å². The van der Waals surface area contributed by atoms with Gasteiger partial charge in [0.1, 0.15) is 11.2 Å². The monoisotopic (exact) mass is 843 g/mol. The maximum Gasteiger partial charge on any atom is 0.135 e. The van der Waals surface area contributed by atoms with E-state index in [9.17, 15) is 0 Å². The molecule has 0 amide bonds. The van der Waals surface area contributed by atoms with Crippen LogP contribution in [0.5, 0.6) is 0 Å². The molecule has 0 spiro atoms. The molecule has 0 atom stereocenters. The van der Waals surface area contributed by atoms with Crippen molar-refractivity contribution in [1.82, 2.24) is 0 Å². The minimum Gasteiger partial charge on any atom is -0.456 e. The Labute approximate surface area is 385 Å². The molecule has 0 saturated heterocycles. The molecule has 2 heteroatoms. The Morgan fingerprint density at radius 2 is 0.788 bits per heavy atom. The van der Waals surface area contributed by atoms with Crippen LogP contribution in [0.25, 0.3) is 99.5 Å². The van der Waals surface area contributed by atoms with Crippen molar-refractivity contribution in [2.24, 2.45) is 0 Å². The van der Waals surface area contributed by atoms with E-state index in [1.165, 1.54) is 105 Å². The number of fused-ring (bicyclic) bond motifs is 12. The normalized spacial score (nSPS) is 14.3. The summed E-state index contributed by atoms with van der Waals surface area (Å²) in [4.78, 5) is 2.54. The summed E-state index contributed by atoms with van der Waals surface area (Å²) < 4.78 is 6.20. The maximum absolute atomic E-state index is 6.20. The van der Waals surface area contributed by atoms with Crippen molar-refractivity contribution in [2.45, 2.75) is 38.5 Å². The van der Waals surface area contributed by atoms with Gasteiger partial charge in [-0.2, -0.15) is 0 Å². The Morgan fingerprint density at radius 1 is 0.318 bits per heavy atom. The van der Waals surface area contributed by atoms with Crippen LogP contribution in [0.3, 0.4) is 0 Å². The highest BCUT2D eigenvalue weighted by Gasteiger charge is 2.39. The van der Waals surface area contributed by atoms with Crippen LogP contribution in [0.1, 0.15) is 49.9 Å². The van der Waals surface area contributed by atoms with Gasteiger partial charge in [-0.3, -0.25) is 0 Å². The molecule has 312 valence electrons. The van der Waals surface area contributed by atoms with E-state index in [1.807, 2.05) is 6.07 Å². The highest BCUT2D eigenvalue weighted by atomic mass is 16.3. The van der Waals surface area contributed by atoms with Crippen LogP contribution in [-0.2, 0) is 10.8 Å². The lowest BCUT2D eigenvalue weighted by molar-refractivity contribution is 0.660.